The number of amides is 1. The average molecular weight is 399 g/mol. The number of carbonyl (C=O) groups is 2. The number of rotatable bonds is 6. The van der Waals surface area contributed by atoms with E-state index in [-0.39, 0.29) is 6.61 Å². The molecular formula is C21H25N3O5. The van der Waals surface area contributed by atoms with Crippen molar-refractivity contribution in [3.63, 3.8) is 0 Å². The second kappa shape index (κ2) is 9.81. The van der Waals surface area contributed by atoms with Gasteiger partial charge in [0.25, 0.3) is 5.91 Å². The van der Waals surface area contributed by atoms with Gasteiger partial charge in [-0.05, 0) is 37.3 Å². The number of furan rings is 1. The first kappa shape index (κ1) is 22.1. The van der Waals surface area contributed by atoms with Crippen LogP contribution in [0.3, 0.4) is 0 Å². The number of hydrogen-bond acceptors (Lipinski definition) is 7. The molecule has 2 aromatic heterocycles. The molecule has 0 atom stereocenters. The highest BCUT2D eigenvalue weighted by Crippen LogP contribution is 2.29. The number of aldehydes is 1. The van der Waals surface area contributed by atoms with Crippen LogP contribution in [-0.4, -0.2) is 28.9 Å². The molecule has 29 heavy (non-hydrogen) atoms. The van der Waals surface area contributed by atoms with E-state index in [4.69, 9.17) is 20.1 Å². The predicted molar refractivity (Wildman–Crippen MR) is 108 cm³/mol. The highest BCUT2D eigenvalue weighted by atomic mass is 16.5. The topological polar surface area (TPSA) is 128 Å². The van der Waals surface area contributed by atoms with Crippen LogP contribution >= 0.6 is 0 Å². The number of aryl methyl sites for hydroxylation is 1. The number of aliphatic hydroxyl groups excluding tert-OH is 1. The summed E-state index contributed by atoms with van der Waals surface area (Å²) in [7, 11) is 0. The zero-order chi connectivity index (χ0) is 21.4. The lowest BCUT2D eigenvalue weighted by atomic mass is 9.98. The molecule has 0 aliphatic rings. The highest BCUT2D eigenvalue weighted by molar-refractivity contribution is 6.07. The number of carbonyl (C=O) groups excluding carboxylic acids is 2. The summed E-state index contributed by atoms with van der Waals surface area (Å²) < 4.78 is 11.3. The SMILES string of the molecule is CC(C)(C=O)CO.Cc1oc2ccc(OCc3ccccn3)cc2c1C(=O)NN. The number of fused-ring (bicyclic) bond motifs is 1. The second-order valence-corrected chi connectivity index (χ2v) is 7.04. The summed E-state index contributed by atoms with van der Waals surface area (Å²) in [6.07, 6.45) is 2.46. The number of nitrogens with two attached hydrogens (primary N) is 1. The molecule has 1 aromatic carbocycles. The van der Waals surface area contributed by atoms with E-state index in [1.54, 1.807) is 45.2 Å². The third-order valence-electron chi connectivity index (χ3n) is 4.03. The maximum atomic E-state index is 11.9. The average Bonchev–Trinajstić information content (AvgIpc) is 3.08. The molecule has 2 heterocycles. The van der Waals surface area contributed by atoms with E-state index in [9.17, 15) is 9.59 Å². The molecule has 0 spiro atoms. The number of ether oxygens (including phenoxy) is 1. The predicted octanol–water partition coefficient (Wildman–Crippen LogP) is 2.52. The molecule has 0 saturated carbocycles. The number of aliphatic hydroxyl groups is 1. The number of aromatic nitrogens is 1. The Morgan fingerprint density at radius 3 is 2.66 bits per heavy atom. The number of nitrogen functional groups attached to an aromatic ring is 1. The molecule has 3 rings (SSSR count). The fourth-order valence-corrected chi connectivity index (χ4v) is 2.32. The molecule has 0 bridgehead atoms. The Morgan fingerprint density at radius 1 is 1.34 bits per heavy atom. The lowest BCUT2D eigenvalue weighted by Gasteiger charge is -2.09. The highest BCUT2D eigenvalue weighted by Gasteiger charge is 2.18. The van der Waals surface area contributed by atoms with Crippen molar-refractivity contribution in [1.82, 2.24) is 10.4 Å². The van der Waals surface area contributed by atoms with Crippen LogP contribution in [0.4, 0.5) is 0 Å². The van der Waals surface area contributed by atoms with E-state index in [1.807, 2.05) is 18.2 Å². The third-order valence-corrected chi connectivity index (χ3v) is 4.03. The molecule has 8 heteroatoms. The van der Waals surface area contributed by atoms with Crippen LogP contribution in [0.5, 0.6) is 5.75 Å². The van der Waals surface area contributed by atoms with Crippen molar-refractivity contribution in [3.8, 4) is 5.75 Å². The molecule has 1 amide bonds. The van der Waals surface area contributed by atoms with Crippen molar-refractivity contribution in [3.05, 3.63) is 59.6 Å². The quantitative estimate of drug-likeness (QED) is 0.251. The molecule has 0 aliphatic heterocycles. The largest absolute Gasteiger partial charge is 0.487 e. The summed E-state index contributed by atoms with van der Waals surface area (Å²) in [5, 5.41) is 9.03. The summed E-state index contributed by atoms with van der Waals surface area (Å²) in [5.74, 6) is 5.97. The Balaban J connectivity index is 0.000000370. The summed E-state index contributed by atoms with van der Waals surface area (Å²) in [6.45, 7) is 5.36. The van der Waals surface area contributed by atoms with Crippen LogP contribution in [0.15, 0.2) is 47.0 Å². The van der Waals surface area contributed by atoms with Crippen LogP contribution in [0.1, 0.15) is 35.7 Å². The van der Waals surface area contributed by atoms with Crippen molar-refractivity contribution in [2.24, 2.45) is 11.3 Å². The molecule has 3 aromatic rings. The normalized spacial score (nSPS) is 10.8. The standard InChI is InChI=1S/C16H15N3O3.C5H10O2/c1-10-15(16(20)19-17)13-8-12(5-6-14(13)22-10)21-9-11-4-2-3-7-18-11;1-5(2,3-6)4-7/h2-8H,9,17H2,1H3,(H,19,20);3,7H,4H2,1-2H3. The van der Waals surface area contributed by atoms with E-state index in [0.29, 0.717) is 34.6 Å². The number of hydrazine groups is 1. The van der Waals surface area contributed by atoms with Crippen LogP contribution in [0.25, 0.3) is 11.0 Å². The summed E-state index contributed by atoms with van der Waals surface area (Å²) in [4.78, 5) is 25.9. The fraction of sp³-hybridized carbons (Fsp3) is 0.286. The Kier molecular flexibility index (Phi) is 7.46. The van der Waals surface area contributed by atoms with E-state index in [0.717, 1.165) is 12.0 Å². The summed E-state index contributed by atoms with van der Waals surface area (Å²) in [6, 6.07) is 11.0. The van der Waals surface area contributed by atoms with Crippen LogP contribution in [0.2, 0.25) is 0 Å². The molecule has 8 nitrogen and oxygen atoms in total. The van der Waals surface area contributed by atoms with Gasteiger partial charge < -0.3 is 19.1 Å². The van der Waals surface area contributed by atoms with Gasteiger partial charge in [0.05, 0.1) is 17.9 Å². The van der Waals surface area contributed by atoms with Crippen molar-refractivity contribution in [2.45, 2.75) is 27.4 Å². The molecule has 0 radical (unpaired) electrons. The van der Waals surface area contributed by atoms with Crippen LogP contribution in [0, 0.1) is 12.3 Å². The third kappa shape index (κ3) is 5.87. The number of nitrogens with one attached hydrogen (secondary N) is 1. The lowest BCUT2D eigenvalue weighted by Crippen LogP contribution is -2.30. The van der Waals surface area contributed by atoms with Gasteiger partial charge in [0.1, 0.15) is 30.0 Å². The first-order valence-electron chi connectivity index (χ1n) is 8.95. The molecule has 154 valence electrons. The lowest BCUT2D eigenvalue weighted by molar-refractivity contribution is -0.116. The van der Waals surface area contributed by atoms with Crippen molar-refractivity contribution in [2.75, 3.05) is 6.61 Å². The first-order chi connectivity index (χ1) is 13.8. The molecular weight excluding hydrogens is 374 g/mol. The number of nitrogens with zero attached hydrogens (tertiary/aromatic N) is 1. The number of pyridine rings is 1. The Morgan fingerprint density at radius 2 is 2.10 bits per heavy atom. The second-order valence-electron chi connectivity index (χ2n) is 7.04. The number of benzene rings is 1. The minimum atomic E-state index is -0.542. The van der Waals surface area contributed by atoms with Gasteiger partial charge >= 0.3 is 0 Å². The monoisotopic (exact) mass is 399 g/mol. The zero-order valence-corrected chi connectivity index (χ0v) is 16.6. The first-order valence-corrected chi connectivity index (χ1v) is 8.95. The minimum Gasteiger partial charge on any atom is -0.487 e. The summed E-state index contributed by atoms with van der Waals surface area (Å²) in [5.41, 5.74) is 3.44. The van der Waals surface area contributed by atoms with Crippen LogP contribution in [-0.2, 0) is 11.4 Å². The molecule has 0 aliphatic carbocycles. The Bertz CT molecular complexity index is 967. The van der Waals surface area contributed by atoms with Gasteiger partial charge in [-0.15, -0.1) is 0 Å². The molecule has 4 N–H and O–H groups in total. The van der Waals surface area contributed by atoms with Crippen molar-refractivity contribution in [1.29, 1.82) is 0 Å². The Labute approximate surface area is 168 Å². The molecule has 0 saturated heterocycles. The van der Waals surface area contributed by atoms with E-state index in [2.05, 4.69) is 10.4 Å². The van der Waals surface area contributed by atoms with Crippen LogP contribution < -0.4 is 16.0 Å². The van der Waals surface area contributed by atoms with Gasteiger partial charge in [-0.25, -0.2) is 5.84 Å². The zero-order valence-electron chi connectivity index (χ0n) is 16.6. The maximum absolute atomic E-state index is 11.9. The van der Waals surface area contributed by atoms with Crippen molar-refractivity contribution < 1.29 is 23.8 Å². The number of hydrogen-bond donors (Lipinski definition) is 3. The van der Waals surface area contributed by atoms with Gasteiger partial charge in [-0.1, -0.05) is 19.9 Å². The fourth-order valence-electron chi connectivity index (χ4n) is 2.32. The van der Waals surface area contributed by atoms with Crippen molar-refractivity contribution >= 4 is 23.2 Å². The van der Waals surface area contributed by atoms with Gasteiger partial charge in [0.2, 0.25) is 0 Å². The van der Waals surface area contributed by atoms with Gasteiger partial charge in [0, 0.05) is 17.0 Å². The molecule has 0 fully saturated rings. The van der Waals surface area contributed by atoms with E-state index in [1.165, 1.54) is 0 Å². The minimum absolute atomic E-state index is 0.0729. The van der Waals surface area contributed by atoms with E-state index < -0.39 is 11.3 Å². The van der Waals surface area contributed by atoms with Gasteiger partial charge in [-0.2, -0.15) is 0 Å². The summed E-state index contributed by atoms with van der Waals surface area (Å²) >= 11 is 0. The molecule has 0 unspecified atom stereocenters. The smallest absolute Gasteiger partial charge is 0.269 e. The Hall–Kier alpha value is -3.23. The maximum Gasteiger partial charge on any atom is 0.269 e. The van der Waals surface area contributed by atoms with E-state index >= 15 is 0 Å². The van der Waals surface area contributed by atoms with Gasteiger partial charge in [-0.3, -0.25) is 15.2 Å². The van der Waals surface area contributed by atoms with Gasteiger partial charge in [0.15, 0.2) is 0 Å².